The van der Waals surface area contributed by atoms with Gasteiger partial charge in [0.2, 0.25) is 0 Å². The molecule has 0 rings (SSSR count). The molecule has 0 heterocycles. The number of hydrogen-bond donors (Lipinski definition) is 0. The van der Waals surface area contributed by atoms with Gasteiger partial charge in [0.1, 0.15) is 6.79 Å². The van der Waals surface area contributed by atoms with Crippen molar-refractivity contribution in [3.8, 4) is 0 Å². The maximum atomic E-state index is 8.00. The van der Waals surface area contributed by atoms with Crippen molar-refractivity contribution in [3.63, 3.8) is 0 Å². The van der Waals surface area contributed by atoms with Gasteiger partial charge in [-0.3, -0.25) is 0 Å². The predicted octanol–water partition coefficient (Wildman–Crippen LogP) is 0.373. The molecule has 0 saturated heterocycles. The lowest BCUT2D eigenvalue weighted by molar-refractivity contribution is -0.329. The summed E-state index contributed by atoms with van der Waals surface area (Å²) in [5.74, 6) is 0. The van der Waals surface area contributed by atoms with Gasteiger partial charge in [-0.2, -0.15) is 0 Å². The van der Waals surface area contributed by atoms with E-state index in [0.717, 1.165) is 0 Å². The summed E-state index contributed by atoms with van der Waals surface area (Å²) in [4.78, 5) is 16.9. The molecule has 0 saturated carbocycles. The highest BCUT2D eigenvalue weighted by Crippen LogP contribution is 1.74. The first-order valence-electron chi connectivity index (χ1n) is 2.44. The quantitative estimate of drug-likeness (QED) is 0.242. The van der Waals surface area contributed by atoms with Crippen LogP contribution in [0.4, 0.5) is 0 Å². The fourth-order valence-corrected chi connectivity index (χ4v) is 0.165. The van der Waals surface area contributed by atoms with E-state index in [1.807, 2.05) is 13.7 Å². The highest BCUT2D eigenvalue weighted by atomic mass is 17.2. The van der Waals surface area contributed by atoms with Crippen LogP contribution in [0.25, 0.3) is 0 Å². The van der Waals surface area contributed by atoms with E-state index in [2.05, 4.69) is 14.5 Å². The monoisotopic (exact) mass is 136 g/mol. The molecule has 0 spiro atoms. The number of carbonyl (C=O) groups excluding carboxylic acids is 1. The molecule has 0 aliphatic carbocycles. The summed E-state index contributed by atoms with van der Waals surface area (Å²) in [5.41, 5.74) is 0. The first kappa shape index (κ1) is 11.4. The van der Waals surface area contributed by atoms with E-state index in [1.54, 1.807) is 7.11 Å². The molecule has 4 nitrogen and oxygen atoms in total. The summed E-state index contributed by atoms with van der Waals surface area (Å²) in [6.07, 6.45) is 0. The van der Waals surface area contributed by atoms with Crippen molar-refractivity contribution >= 4 is 6.79 Å². The molecule has 0 aliphatic rings. The van der Waals surface area contributed by atoms with Crippen LogP contribution in [0.15, 0.2) is 0 Å². The van der Waals surface area contributed by atoms with Crippen molar-refractivity contribution in [2.45, 2.75) is 6.92 Å². The fourth-order valence-electron chi connectivity index (χ4n) is 0.165. The van der Waals surface area contributed by atoms with E-state index < -0.39 is 0 Å². The van der Waals surface area contributed by atoms with Crippen molar-refractivity contribution in [2.24, 2.45) is 0 Å². The minimum Gasteiger partial charge on any atom is -0.355 e. The molecule has 0 unspecified atom stereocenters. The average molecular weight is 136 g/mol. The molecule has 0 N–H and O–H groups in total. The fraction of sp³-hybridized carbons (Fsp3) is 0.800. The lowest BCUT2D eigenvalue weighted by Gasteiger charge is -1.96. The summed E-state index contributed by atoms with van der Waals surface area (Å²) in [6, 6.07) is 0. The highest BCUT2D eigenvalue weighted by Gasteiger charge is 1.77. The number of methoxy groups -OCH3 is 1. The van der Waals surface area contributed by atoms with Crippen molar-refractivity contribution in [1.29, 1.82) is 0 Å². The maximum absolute atomic E-state index is 8.00. The van der Waals surface area contributed by atoms with Gasteiger partial charge in [0.05, 0.1) is 6.61 Å². The Labute approximate surface area is 54.6 Å². The Balaban J connectivity index is 0. The van der Waals surface area contributed by atoms with E-state index in [0.29, 0.717) is 6.61 Å². The SMILES string of the molecule is C=O.CCOOCOC. The lowest BCUT2D eigenvalue weighted by atomic mass is 10.9. The maximum Gasteiger partial charge on any atom is 0.180 e. The largest absolute Gasteiger partial charge is 0.355 e. The topological polar surface area (TPSA) is 44.8 Å². The Morgan fingerprint density at radius 3 is 2.22 bits per heavy atom. The van der Waals surface area contributed by atoms with E-state index in [1.165, 1.54) is 0 Å². The van der Waals surface area contributed by atoms with Gasteiger partial charge in [-0.05, 0) is 6.92 Å². The van der Waals surface area contributed by atoms with Gasteiger partial charge in [-0.15, -0.1) is 0 Å². The Morgan fingerprint density at radius 1 is 1.33 bits per heavy atom. The van der Waals surface area contributed by atoms with Crippen molar-refractivity contribution < 1.29 is 19.3 Å². The van der Waals surface area contributed by atoms with E-state index in [4.69, 9.17) is 4.79 Å². The summed E-state index contributed by atoms with van der Waals surface area (Å²) in [7, 11) is 1.54. The van der Waals surface area contributed by atoms with Crippen LogP contribution in [0.3, 0.4) is 0 Å². The van der Waals surface area contributed by atoms with Gasteiger partial charge in [0.25, 0.3) is 0 Å². The lowest BCUT2D eigenvalue weighted by Crippen LogP contribution is -1.96. The number of carbonyl (C=O) groups is 1. The minimum absolute atomic E-state index is 0.202. The van der Waals surface area contributed by atoms with Gasteiger partial charge in [0, 0.05) is 7.11 Å². The summed E-state index contributed by atoms with van der Waals surface area (Å²) < 4.78 is 4.50. The third-order valence-corrected chi connectivity index (χ3v) is 0.367. The standard InChI is InChI=1S/C4H10O3.CH2O/c1-3-6-7-4-5-2;1-2/h3-4H2,1-2H3;1H2. The predicted molar refractivity (Wildman–Crippen MR) is 31.7 cm³/mol. The van der Waals surface area contributed by atoms with Crippen LogP contribution in [0.5, 0.6) is 0 Å². The highest BCUT2D eigenvalue weighted by molar-refractivity contribution is 5.10. The van der Waals surface area contributed by atoms with Crippen LogP contribution in [0.1, 0.15) is 6.92 Å². The van der Waals surface area contributed by atoms with E-state index in [9.17, 15) is 0 Å². The van der Waals surface area contributed by atoms with Crippen LogP contribution < -0.4 is 0 Å². The summed E-state index contributed by atoms with van der Waals surface area (Å²) in [5, 5.41) is 0. The second-order valence-electron chi connectivity index (χ2n) is 0.931. The smallest absolute Gasteiger partial charge is 0.180 e. The second-order valence-corrected chi connectivity index (χ2v) is 0.931. The molecule has 0 atom stereocenters. The van der Waals surface area contributed by atoms with Gasteiger partial charge < -0.3 is 9.53 Å². The zero-order valence-corrected chi connectivity index (χ0v) is 5.75. The third kappa shape index (κ3) is 18.5. The van der Waals surface area contributed by atoms with Crippen LogP contribution in [0, 0.1) is 0 Å². The van der Waals surface area contributed by atoms with Gasteiger partial charge in [-0.25, -0.2) is 9.78 Å². The molecule has 0 aromatic rings. The molecule has 0 aromatic heterocycles. The average Bonchev–Trinajstić information content (AvgIpc) is 1.94. The third-order valence-electron chi connectivity index (χ3n) is 0.367. The van der Waals surface area contributed by atoms with Crippen molar-refractivity contribution in [1.82, 2.24) is 0 Å². The van der Waals surface area contributed by atoms with Crippen molar-refractivity contribution in [2.75, 3.05) is 20.5 Å². The zero-order valence-electron chi connectivity index (χ0n) is 5.75. The molecule has 0 aliphatic heterocycles. The van der Waals surface area contributed by atoms with Crippen LogP contribution in [-0.4, -0.2) is 27.3 Å². The van der Waals surface area contributed by atoms with E-state index in [-0.39, 0.29) is 6.79 Å². The van der Waals surface area contributed by atoms with Gasteiger partial charge >= 0.3 is 0 Å². The normalized spacial score (nSPS) is 7.78. The molecular formula is C5H12O4. The zero-order chi connectivity index (χ0) is 7.54. The first-order valence-corrected chi connectivity index (χ1v) is 2.44. The molecule has 0 fully saturated rings. The number of rotatable bonds is 4. The Morgan fingerprint density at radius 2 is 1.89 bits per heavy atom. The number of hydrogen-bond acceptors (Lipinski definition) is 4. The molecule has 0 amide bonds. The van der Waals surface area contributed by atoms with Gasteiger partial charge in [-0.1, -0.05) is 0 Å². The molecule has 56 valence electrons. The van der Waals surface area contributed by atoms with Crippen LogP contribution in [0.2, 0.25) is 0 Å². The first-order chi connectivity index (χ1) is 4.41. The Bertz CT molecular complexity index is 35.9. The van der Waals surface area contributed by atoms with Gasteiger partial charge in [0.15, 0.2) is 6.79 Å². The second kappa shape index (κ2) is 15.6. The molecule has 0 bridgehead atoms. The Kier molecular flexibility index (Phi) is 19.7. The molecule has 4 heteroatoms. The van der Waals surface area contributed by atoms with Crippen LogP contribution >= 0.6 is 0 Å². The summed E-state index contributed by atoms with van der Waals surface area (Å²) in [6.45, 7) is 4.60. The minimum atomic E-state index is 0.202. The van der Waals surface area contributed by atoms with E-state index >= 15 is 0 Å². The molecular weight excluding hydrogens is 124 g/mol. The molecule has 9 heavy (non-hydrogen) atoms. The van der Waals surface area contributed by atoms with Crippen LogP contribution in [-0.2, 0) is 19.3 Å². The molecule has 0 aromatic carbocycles. The summed E-state index contributed by atoms with van der Waals surface area (Å²) >= 11 is 0. The number of ether oxygens (including phenoxy) is 1. The van der Waals surface area contributed by atoms with Crippen molar-refractivity contribution in [3.05, 3.63) is 0 Å². The Hall–Kier alpha value is -0.450. The molecule has 0 radical (unpaired) electrons.